The van der Waals surface area contributed by atoms with Crippen LogP contribution >= 0.6 is 11.3 Å². The normalized spacial score (nSPS) is 20.2. The van der Waals surface area contributed by atoms with E-state index in [0.717, 1.165) is 12.8 Å². The molecule has 3 amide bonds. The van der Waals surface area contributed by atoms with Gasteiger partial charge in [0.15, 0.2) is 5.13 Å². The highest BCUT2D eigenvalue weighted by molar-refractivity contribution is 7.14. The molecule has 0 aliphatic carbocycles. The van der Waals surface area contributed by atoms with E-state index in [9.17, 15) is 14.4 Å². The summed E-state index contributed by atoms with van der Waals surface area (Å²) in [5.41, 5.74) is 0.332. The molecule has 0 unspecified atom stereocenters. The van der Waals surface area contributed by atoms with Crippen LogP contribution in [0.2, 0.25) is 0 Å². The summed E-state index contributed by atoms with van der Waals surface area (Å²) < 4.78 is 5.46. The van der Waals surface area contributed by atoms with Crippen LogP contribution in [0, 0.1) is 5.92 Å². The number of thiazole rings is 1. The number of ether oxygens (including phenoxy) is 1. The van der Waals surface area contributed by atoms with Crippen molar-refractivity contribution >= 4 is 34.2 Å². The lowest BCUT2D eigenvalue weighted by Crippen LogP contribution is -2.52. The van der Waals surface area contributed by atoms with Crippen LogP contribution in [0.5, 0.6) is 0 Å². The van der Waals surface area contributed by atoms with Crippen molar-refractivity contribution in [3.63, 3.8) is 0 Å². The van der Waals surface area contributed by atoms with Gasteiger partial charge in [-0.3, -0.25) is 14.4 Å². The van der Waals surface area contributed by atoms with Gasteiger partial charge in [-0.05, 0) is 18.8 Å². The number of rotatable bonds is 5. The highest BCUT2D eigenvalue weighted by Gasteiger charge is 2.32. The lowest BCUT2D eigenvalue weighted by Gasteiger charge is -2.35. The predicted molar refractivity (Wildman–Crippen MR) is 102 cm³/mol. The summed E-state index contributed by atoms with van der Waals surface area (Å²) in [6.45, 7) is 6.56. The third-order valence-electron chi connectivity index (χ3n) is 4.65. The molecule has 1 aromatic heterocycles. The molecule has 27 heavy (non-hydrogen) atoms. The average molecular weight is 394 g/mol. The van der Waals surface area contributed by atoms with Crippen LogP contribution in [0.25, 0.3) is 0 Å². The van der Waals surface area contributed by atoms with Crippen LogP contribution in [-0.4, -0.2) is 71.4 Å². The van der Waals surface area contributed by atoms with Crippen molar-refractivity contribution < 1.29 is 19.1 Å². The second-order valence-corrected chi connectivity index (χ2v) is 8.16. The van der Waals surface area contributed by atoms with E-state index < -0.39 is 0 Å². The standard InChI is InChI=1S/C18H26N4O4S/c1-12(2)10-15(23)20-18-19-13(11-27-18)16(24)21-5-7-22(8-6-21)17(25)14-4-3-9-26-14/h11-12,14H,3-10H2,1-2H3,(H,19,20,23)/t14-/m1/s1. The minimum absolute atomic E-state index is 0.0309. The van der Waals surface area contributed by atoms with Crippen molar-refractivity contribution in [1.82, 2.24) is 14.8 Å². The Labute approximate surface area is 162 Å². The first-order valence-electron chi connectivity index (χ1n) is 9.39. The lowest BCUT2D eigenvalue weighted by molar-refractivity contribution is -0.142. The highest BCUT2D eigenvalue weighted by Crippen LogP contribution is 2.20. The molecule has 1 atom stereocenters. The molecule has 0 bridgehead atoms. The summed E-state index contributed by atoms with van der Waals surface area (Å²) in [6, 6.07) is 0. The van der Waals surface area contributed by atoms with Crippen LogP contribution in [-0.2, 0) is 14.3 Å². The fourth-order valence-electron chi connectivity index (χ4n) is 3.24. The number of carbonyl (C=O) groups is 3. The van der Waals surface area contributed by atoms with E-state index in [-0.39, 0.29) is 29.7 Å². The fraction of sp³-hybridized carbons (Fsp3) is 0.667. The van der Waals surface area contributed by atoms with Crippen LogP contribution in [0.3, 0.4) is 0 Å². The Bertz CT molecular complexity index is 691. The van der Waals surface area contributed by atoms with E-state index >= 15 is 0 Å². The summed E-state index contributed by atoms with van der Waals surface area (Å²) in [4.78, 5) is 44.6. The number of nitrogens with one attached hydrogen (secondary N) is 1. The minimum atomic E-state index is -0.317. The summed E-state index contributed by atoms with van der Waals surface area (Å²) in [6.07, 6.45) is 1.81. The zero-order valence-electron chi connectivity index (χ0n) is 15.8. The second-order valence-electron chi connectivity index (χ2n) is 7.30. The zero-order chi connectivity index (χ0) is 19.4. The predicted octanol–water partition coefficient (Wildman–Crippen LogP) is 1.59. The van der Waals surface area contributed by atoms with Gasteiger partial charge in [0.1, 0.15) is 11.8 Å². The van der Waals surface area contributed by atoms with Crippen molar-refractivity contribution in [2.45, 2.75) is 39.2 Å². The summed E-state index contributed by atoms with van der Waals surface area (Å²) in [7, 11) is 0. The van der Waals surface area contributed by atoms with Gasteiger partial charge in [-0.2, -0.15) is 0 Å². The van der Waals surface area contributed by atoms with E-state index in [1.54, 1.807) is 15.2 Å². The largest absolute Gasteiger partial charge is 0.368 e. The quantitative estimate of drug-likeness (QED) is 0.819. The van der Waals surface area contributed by atoms with Gasteiger partial charge in [-0.1, -0.05) is 13.8 Å². The van der Waals surface area contributed by atoms with Crippen LogP contribution in [0.1, 0.15) is 43.6 Å². The summed E-state index contributed by atoms with van der Waals surface area (Å²) in [5.74, 6) is 0.0301. The first-order valence-corrected chi connectivity index (χ1v) is 10.3. The first-order chi connectivity index (χ1) is 12.9. The van der Waals surface area contributed by atoms with E-state index in [2.05, 4.69) is 10.3 Å². The first kappa shape index (κ1) is 19.8. The monoisotopic (exact) mass is 394 g/mol. The van der Waals surface area contributed by atoms with Gasteiger partial charge in [0.05, 0.1) is 0 Å². The Kier molecular flexibility index (Phi) is 6.43. The molecule has 3 heterocycles. The van der Waals surface area contributed by atoms with Crippen molar-refractivity contribution in [3.8, 4) is 0 Å². The Morgan fingerprint density at radius 3 is 2.59 bits per heavy atom. The molecule has 0 spiro atoms. The summed E-state index contributed by atoms with van der Waals surface area (Å²) >= 11 is 1.25. The molecule has 9 heteroatoms. The molecule has 2 fully saturated rings. The molecule has 2 aliphatic rings. The van der Waals surface area contributed by atoms with Crippen LogP contribution in [0.4, 0.5) is 5.13 Å². The Morgan fingerprint density at radius 2 is 1.96 bits per heavy atom. The topological polar surface area (TPSA) is 91.8 Å². The number of hydrogen-bond donors (Lipinski definition) is 1. The van der Waals surface area contributed by atoms with Gasteiger partial charge in [0, 0.05) is 44.6 Å². The third kappa shape index (κ3) is 5.04. The third-order valence-corrected chi connectivity index (χ3v) is 5.40. The number of hydrogen-bond acceptors (Lipinski definition) is 6. The maximum absolute atomic E-state index is 12.6. The molecular formula is C18H26N4O4S. The van der Waals surface area contributed by atoms with Gasteiger partial charge in [-0.15, -0.1) is 11.3 Å². The van der Waals surface area contributed by atoms with E-state index in [1.165, 1.54) is 11.3 Å². The van der Waals surface area contributed by atoms with E-state index in [4.69, 9.17) is 4.74 Å². The molecule has 3 rings (SSSR count). The minimum Gasteiger partial charge on any atom is -0.368 e. The van der Waals surface area contributed by atoms with Crippen molar-refractivity contribution in [3.05, 3.63) is 11.1 Å². The Balaban J connectivity index is 1.50. The van der Waals surface area contributed by atoms with Gasteiger partial charge < -0.3 is 19.9 Å². The number of anilines is 1. The van der Waals surface area contributed by atoms with Gasteiger partial charge in [0.25, 0.3) is 11.8 Å². The van der Waals surface area contributed by atoms with Crippen molar-refractivity contribution in [1.29, 1.82) is 0 Å². The molecule has 0 saturated carbocycles. The Morgan fingerprint density at radius 1 is 1.26 bits per heavy atom. The van der Waals surface area contributed by atoms with Crippen molar-refractivity contribution in [2.75, 3.05) is 38.1 Å². The van der Waals surface area contributed by atoms with E-state index in [0.29, 0.717) is 50.0 Å². The molecule has 2 saturated heterocycles. The number of carbonyl (C=O) groups excluding carboxylic acids is 3. The average Bonchev–Trinajstić information content (AvgIpc) is 3.32. The molecule has 1 N–H and O–H groups in total. The maximum atomic E-state index is 12.6. The van der Waals surface area contributed by atoms with Gasteiger partial charge >= 0.3 is 0 Å². The number of piperazine rings is 1. The summed E-state index contributed by atoms with van der Waals surface area (Å²) in [5, 5.41) is 4.84. The molecule has 0 radical (unpaired) electrons. The SMILES string of the molecule is CC(C)CC(=O)Nc1nc(C(=O)N2CCN(C(=O)[C@H]3CCCO3)CC2)cs1. The number of amides is 3. The molecule has 8 nitrogen and oxygen atoms in total. The maximum Gasteiger partial charge on any atom is 0.273 e. The Hall–Kier alpha value is -2.00. The smallest absolute Gasteiger partial charge is 0.273 e. The molecule has 1 aromatic rings. The number of aromatic nitrogens is 1. The molecule has 2 aliphatic heterocycles. The lowest BCUT2D eigenvalue weighted by atomic mass is 10.1. The fourth-order valence-corrected chi connectivity index (χ4v) is 3.94. The zero-order valence-corrected chi connectivity index (χ0v) is 16.6. The van der Waals surface area contributed by atoms with Gasteiger partial charge in [0.2, 0.25) is 5.91 Å². The molecule has 0 aromatic carbocycles. The molecular weight excluding hydrogens is 368 g/mol. The van der Waals surface area contributed by atoms with Crippen LogP contribution < -0.4 is 5.32 Å². The second kappa shape index (κ2) is 8.79. The van der Waals surface area contributed by atoms with Crippen LogP contribution in [0.15, 0.2) is 5.38 Å². The van der Waals surface area contributed by atoms with Gasteiger partial charge in [-0.25, -0.2) is 4.98 Å². The number of nitrogens with zero attached hydrogens (tertiary/aromatic N) is 3. The van der Waals surface area contributed by atoms with E-state index in [1.807, 2.05) is 13.8 Å². The molecule has 148 valence electrons. The van der Waals surface area contributed by atoms with Crippen molar-refractivity contribution in [2.24, 2.45) is 5.92 Å². The highest BCUT2D eigenvalue weighted by atomic mass is 32.1.